The number of hydrogen-bond donors (Lipinski definition) is 1. The molecule has 162 valence electrons. The van der Waals surface area contributed by atoms with Crippen molar-refractivity contribution in [2.45, 2.75) is 13.5 Å². The summed E-state index contributed by atoms with van der Waals surface area (Å²) in [5.74, 6) is -0.676. The zero-order valence-electron chi connectivity index (χ0n) is 16.6. The molecule has 1 aromatic carbocycles. The smallest absolute Gasteiger partial charge is 0.242 e. The van der Waals surface area contributed by atoms with Crippen LogP contribution in [0.25, 0.3) is 17.3 Å². The van der Waals surface area contributed by atoms with Crippen molar-refractivity contribution < 1.29 is 12.8 Å². The van der Waals surface area contributed by atoms with Gasteiger partial charge in [-0.1, -0.05) is 30.4 Å². The summed E-state index contributed by atoms with van der Waals surface area (Å²) in [5, 5.41) is 2.99. The predicted molar refractivity (Wildman–Crippen MR) is 124 cm³/mol. The minimum absolute atomic E-state index is 0. The van der Waals surface area contributed by atoms with Crippen LogP contribution in [0.2, 0.25) is 0 Å². The van der Waals surface area contributed by atoms with Crippen LogP contribution < -0.4 is 5.32 Å². The number of hydrogen-bond acceptors (Lipinski definition) is 4. The zero-order valence-corrected chi connectivity index (χ0v) is 19.0. The summed E-state index contributed by atoms with van der Waals surface area (Å²) >= 11 is 0. The zero-order chi connectivity index (χ0) is 20.1. The van der Waals surface area contributed by atoms with Crippen LogP contribution in [0.15, 0.2) is 60.9 Å². The normalized spacial score (nSPS) is 11.2. The molecule has 0 aliphatic rings. The van der Waals surface area contributed by atoms with Gasteiger partial charge in [-0.3, -0.25) is 4.98 Å². The van der Waals surface area contributed by atoms with Crippen molar-refractivity contribution in [2.24, 2.45) is 0 Å². The fourth-order valence-electron chi connectivity index (χ4n) is 2.86. The van der Waals surface area contributed by atoms with Crippen LogP contribution in [0.5, 0.6) is 0 Å². The van der Waals surface area contributed by atoms with Gasteiger partial charge in [-0.15, -0.1) is 24.8 Å². The molecular formula is C21H24Cl2FN3O2S. The molecule has 0 aliphatic carbocycles. The number of nitrogens with one attached hydrogen (secondary N) is 1. The Kier molecular flexibility index (Phi) is 9.71. The fourth-order valence-corrected chi connectivity index (χ4v) is 4.10. The maximum atomic E-state index is 14.3. The SMILES string of the molecule is CNCc1cc(-c2ccccc2F)n(S(=O)(=O)CC=Cc2ccc(C)nc2)c1.Cl.Cl. The summed E-state index contributed by atoms with van der Waals surface area (Å²) in [7, 11) is -1.95. The molecule has 0 radical (unpaired) electrons. The van der Waals surface area contributed by atoms with Crippen molar-refractivity contribution in [3.63, 3.8) is 0 Å². The molecule has 0 spiro atoms. The van der Waals surface area contributed by atoms with E-state index in [0.29, 0.717) is 12.2 Å². The fraction of sp³-hybridized carbons (Fsp3) is 0.190. The van der Waals surface area contributed by atoms with Gasteiger partial charge in [-0.25, -0.2) is 16.8 Å². The van der Waals surface area contributed by atoms with E-state index in [9.17, 15) is 12.8 Å². The van der Waals surface area contributed by atoms with Crippen LogP contribution in [0.1, 0.15) is 16.8 Å². The third-order valence-corrected chi connectivity index (χ3v) is 5.74. The van der Waals surface area contributed by atoms with Gasteiger partial charge in [0, 0.05) is 30.2 Å². The molecule has 2 heterocycles. The molecule has 0 atom stereocenters. The first-order valence-electron chi connectivity index (χ1n) is 8.84. The van der Waals surface area contributed by atoms with Gasteiger partial charge in [-0.05, 0) is 49.4 Å². The largest absolute Gasteiger partial charge is 0.316 e. The second kappa shape index (κ2) is 11.3. The number of pyridine rings is 1. The highest BCUT2D eigenvalue weighted by atomic mass is 35.5. The van der Waals surface area contributed by atoms with Crippen LogP contribution in [-0.2, 0) is 16.6 Å². The van der Waals surface area contributed by atoms with Gasteiger partial charge in [0.15, 0.2) is 0 Å². The third kappa shape index (κ3) is 6.15. The number of aromatic nitrogens is 2. The number of nitrogens with zero attached hydrogens (tertiary/aromatic N) is 2. The summed E-state index contributed by atoms with van der Waals surface area (Å²) < 4.78 is 41.4. The molecule has 0 bridgehead atoms. The number of benzene rings is 1. The molecule has 5 nitrogen and oxygen atoms in total. The molecule has 1 N–H and O–H groups in total. The summed E-state index contributed by atoms with van der Waals surface area (Å²) in [4.78, 5) is 4.19. The van der Waals surface area contributed by atoms with E-state index in [4.69, 9.17) is 0 Å². The van der Waals surface area contributed by atoms with E-state index in [-0.39, 0.29) is 36.1 Å². The first-order valence-corrected chi connectivity index (χ1v) is 10.4. The number of aryl methyl sites for hydroxylation is 1. The van der Waals surface area contributed by atoms with Crippen LogP contribution in [0.4, 0.5) is 4.39 Å². The van der Waals surface area contributed by atoms with E-state index in [0.717, 1.165) is 20.8 Å². The van der Waals surface area contributed by atoms with E-state index >= 15 is 0 Å². The van der Waals surface area contributed by atoms with Crippen molar-refractivity contribution in [3.8, 4) is 11.3 Å². The Labute approximate surface area is 188 Å². The minimum Gasteiger partial charge on any atom is -0.316 e. The molecule has 3 rings (SSSR count). The lowest BCUT2D eigenvalue weighted by molar-refractivity contribution is 0.590. The Balaban J connectivity index is 0.00000225. The molecule has 9 heteroatoms. The lowest BCUT2D eigenvalue weighted by atomic mass is 10.1. The van der Waals surface area contributed by atoms with Crippen LogP contribution in [-0.4, -0.2) is 30.2 Å². The maximum Gasteiger partial charge on any atom is 0.242 e. The van der Waals surface area contributed by atoms with Gasteiger partial charge < -0.3 is 5.32 Å². The number of halogens is 3. The first-order chi connectivity index (χ1) is 13.4. The Bertz CT molecular complexity index is 1100. The highest BCUT2D eigenvalue weighted by Crippen LogP contribution is 2.27. The molecule has 3 aromatic rings. The molecule has 0 aliphatic heterocycles. The van der Waals surface area contributed by atoms with Gasteiger partial charge in [0.25, 0.3) is 0 Å². The van der Waals surface area contributed by atoms with Crippen molar-refractivity contribution in [3.05, 3.63) is 83.6 Å². The minimum atomic E-state index is -3.72. The van der Waals surface area contributed by atoms with Gasteiger partial charge in [0.1, 0.15) is 5.82 Å². The molecule has 0 unspecified atom stereocenters. The van der Waals surface area contributed by atoms with E-state index in [2.05, 4.69) is 10.3 Å². The van der Waals surface area contributed by atoms with Crippen molar-refractivity contribution in [1.29, 1.82) is 0 Å². The Morgan fingerprint density at radius 1 is 1.17 bits per heavy atom. The molecule has 0 saturated carbocycles. The van der Waals surface area contributed by atoms with Crippen LogP contribution in [0, 0.1) is 12.7 Å². The third-order valence-electron chi connectivity index (χ3n) is 4.22. The second-order valence-corrected chi connectivity index (χ2v) is 8.34. The molecule has 30 heavy (non-hydrogen) atoms. The van der Waals surface area contributed by atoms with E-state index < -0.39 is 15.8 Å². The van der Waals surface area contributed by atoms with Crippen molar-refractivity contribution in [1.82, 2.24) is 14.3 Å². The van der Waals surface area contributed by atoms with Crippen molar-refractivity contribution in [2.75, 3.05) is 12.8 Å². The lowest BCUT2D eigenvalue weighted by Crippen LogP contribution is -2.16. The van der Waals surface area contributed by atoms with E-state index in [1.165, 1.54) is 12.3 Å². The Hall–Kier alpha value is -2.19. The molecule has 0 saturated heterocycles. The summed E-state index contributed by atoms with van der Waals surface area (Å²) in [6.45, 7) is 2.37. The lowest BCUT2D eigenvalue weighted by Gasteiger charge is -2.09. The summed E-state index contributed by atoms with van der Waals surface area (Å²) in [5.41, 5.74) is 3.03. The van der Waals surface area contributed by atoms with Crippen LogP contribution in [0.3, 0.4) is 0 Å². The van der Waals surface area contributed by atoms with Crippen LogP contribution >= 0.6 is 24.8 Å². The topological polar surface area (TPSA) is 64.0 Å². The molecule has 0 fully saturated rings. The quantitative estimate of drug-likeness (QED) is 0.552. The average Bonchev–Trinajstić information content (AvgIpc) is 3.09. The van der Waals surface area contributed by atoms with Gasteiger partial charge >= 0.3 is 0 Å². The first kappa shape index (κ1) is 25.8. The predicted octanol–water partition coefficient (Wildman–Crippen LogP) is 4.45. The molecular weight excluding hydrogens is 448 g/mol. The van der Waals surface area contributed by atoms with Crippen molar-refractivity contribution >= 4 is 40.9 Å². The standard InChI is InChI=1S/C21H22FN3O2S.2ClH/c1-16-9-10-17(14-24-16)6-5-11-28(26,27)25-15-18(13-23-2)12-21(25)19-7-3-4-8-20(19)22;;/h3-10,12,14-15,23H,11,13H2,1-2H3;2*1H. The monoisotopic (exact) mass is 471 g/mol. The highest BCUT2D eigenvalue weighted by Gasteiger charge is 2.20. The Morgan fingerprint density at radius 3 is 2.53 bits per heavy atom. The van der Waals surface area contributed by atoms with Gasteiger partial charge in [-0.2, -0.15) is 0 Å². The molecule has 0 amide bonds. The van der Waals surface area contributed by atoms with E-state index in [1.54, 1.807) is 49.7 Å². The summed E-state index contributed by atoms with van der Waals surface area (Å²) in [6.07, 6.45) is 6.51. The van der Waals surface area contributed by atoms with E-state index in [1.807, 2.05) is 19.1 Å². The highest BCUT2D eigenvalue weighted by molar-refractivity contribution is 7.90. The average molecular weight is 472 g/mol. The Morgan fingerprint density at radius 2 is 1.90 bits per heavy atom. The maximum absolute atomic E-state index is 14.3. The van der Waals surface area contributed by atoms with Gasteiger partial charge in [0.2, 0.25) is 10.0 Å². The second-order valence-electron chi connectivity index (χ2n) is 6.45. The number of rotatable bonds is 7. The molecule has 2 aromatic heterocycles. The van der Waals surface area contributed by atoms with Gasteiger partial charge in [0.05, 0.1) is 11.4 Å². The summed E-state index contributed by atoms with van der Waals surface area (Å²) in [6, 6.07) is 11.6.